The highest BCUT2D eigenvalue weighted by Crippen LogP contribution is 2.19. The number of anilines is 1. The predicted molar refractivity (Wildman–Crippen MR) is 74.4 cm³/mol. The van der Waals surface area contributed by atoms with Gasteiger partial charge in [-0.1, -0.05) is 23.5 Å². The van der Waals surface area contributed by atoms with Crippen LogP contribution in [0.2, 0.25) is 0 Å². The van der Waals surface area contributed by atoms with Gasteiger partial charge in [0.2, 0.25) is 0 Å². The van der Waals surface area contributed by atoms with Gasteiger partial charge in [-0.2, -0.15) is 5.10 Å². The number of rotatable bonds is 3. The van der Waals surface area contributed by atoms with Gasteiger partial charge >= 0.3 is 0 Å². The van der Waals surface area contributed by atoms with Crippen molar-refractivity contribution >= 4 is 28.6 Å². The van der Waals surface area contributed by atoms with E-state index in [4.69, 9.17) is 5.73 Å². The van der Waals surface area contributed by atoms with Gasteiger partial charge in [-0.15, -0.1) is 0 Å². The van der Waals surface area contributed by atoms with Gasteiger partial charge in [0.05, 0.1) is 11.9 Å². The van der Waals surface area contributed by atoms with Crippen LogP contribution in [-0.2, 0) is 0 Å². The number of nitrogens with one attached hydrogen (secondary N) is 1. The Morgan fingerprint density at radius 1 is 1.58 bits per heavy atom. The predicted octanol–water partition coefficient (Wildman–Crippen LogP) is 1.50. The highest BCUT2D eigenvalue weighted by molar-refractivity contribution is 7.17. The van der Waals surface area contributed by atoms with Crippen LogP contribution < -0.4 is 11.2 Å². The largest absolute Gasteiger partial charge is 0.508 e. The van der Waals surface area contributed by atoms with E-state index in [9.17, 15) is 9.90 Å². The number of nitrogen functional groups attached to an aromatic ring is 1. The van der Waals surface area contributed by atoms with E-state index in [1.54, 1.807) is 25.1 Å². The van der Waals surface area contributed by atoms with Gasteiger partial charge in [0.25, 0.3) is 5.91 Å². The standard InChI is InChI=1S/C12H12N4O2S/c1-7-10(19-12(13)15-7)11(18)16-14-6-8-3-2-4-9(17)5-8/h2-6,17H,1H3,(H2,13,15)(H,16,18)/b14-6+. The Kier molecular flexibility index (Phi) is 3.76. The number of aromatic nitrogens is 1. The summed E-state index contributed by atoms with van der Waals surface area (Å²) in [5.74, 6) is -0.218. The maximum atomic E-state index is 11.8. The molecule has 1 aromatic heterocycles. The van der Waals surface area contributed by atoms with E-state index in [1.165, 1.54) is 12.3 Å². The van der Waals surface area contributed by atoms with Crippen molar-refractivity contribution < 1.29 is 9.90 Å². The topological polar surface area (TPSA) is 101 Å². The van der Waals surface area contributed by atoms with Crippen LogP contribution in [0.15, 0.2) is 29.4 Å². The number of phenols is 1. The summed E-state index contributed by atoms with van der Waals surface area (Å²) in [5.41, 5.74) is 9.16. The molecule has 7 heteroatoms. The molecule has 1 heterocycles. The summed E-state index contributed by atoms with van der Waals surface area (Å²) in [6.45, 7) is 1.71. The Morgan fingerprint density at radius 3 is 3.00 bits per heavy atom. The molecule has 0 unspecified atom stereocenters. The van der Waals surface area contributed by atoms with Crippen LogP contribution in [0.1, 0.15) is 20.9 Å². The van der Waals surface area contributed by atoms with Gasteiger partial charge in [0, 0.05) is 0 Å². The zero-order valence-electron chi connectivity index (χ0n) is 10.1. The quantitative estimate of drug-likeness (QED) is 0.584. The number of benzene rings is 1. The molecule has 0 saturated carbocycles. The van der Waals surface area contributed by atoms with Crippen molar-refractivity contribution in [3.63, 3.8) is 0 Å². The molecule has 0 atom stereocenters. The minimum absolute atomic E-state index is 0.140. The van der Waals surface area contributed by atoms with E-state index in [1.807, 2.05) is 0 Å². The summed E-state index contributed by atoms with van der Waals surface area (Å²) in [7, 11) is 0. The number of nitrogens with zero attached hydrogens (tertiary/aromatic N) is 2. The smallest absolute Gasteiger partial charge is 0.283 e. The first-order valence-corrected chi connectivity index (χ1v) is 6.23. The molecule has 4 N–H and O–H groups in total. The molecule has 98 valence electrons. The van der Waals surface area contributed by atoms with Crippen LogP contribution >= 0.6 is 11.3 Å². The highest BCUT2D eigenvalue weighted by Gasteiger charge is 2.13. The Hall–Kier alpha value is -2.41. The molecule has 6 nitrogen and oxygen atoms in total. The molecule has 0 bridgehead atoms. The summed E-state index contributed by atoms with van der Waals surface area (Å²) in [4.78, 5) is 16.2. The Labute approximate surface area is 113 Å². The molecule has 0 radical (unpaired) electrons. The fourth-order valence-corrected chi connectivity index (χ4v) is 2.17. The number of nitrogens with two attached hydrogens (primary N) is 1. The van der Waals surface area contributed by atoms with Crippen LogP contribution in [0.3, 0.4) is 0 Å². The Balaban J connectivity index is 2.03. The summed E-state index contributed by atoms with van der Waals surface area (Å²) >= 11 is 1.11. The molecular formula is C12H12N4O2S. The van der Waals surface area contributed by atoms with Gasteiger partial charge in [-0.3, -0.25) is 4.79 Å². The minimum atomic E-state index is -0.358. The monoisotopic (exact) mass is 276 g/mol. The van der Waals surface area contributed by atoms with Crippen LogP contribution in [0.25, 0.3) is 0 Å². The van der Waals surface area contributed by atoms with Crippen molar-refractivity contribution in [1.29, 1.82) is 0 Å². The lowest BCUT2D eigenvalue weighted by atomic mass is 10.2. The van der Waals surface area contributed by atoms with E-state index in [-0.39, 0.29) is 11.7 Å². The summed E-state index contributed by atoms with van der Waals surface area (Å²) < 4.78 is 0. The maximum Gasteiger partial charge on any atom is 0.283 e. The van der Waals surface area contributed by atoms with Gasteiger partial charge in [0.15, 0.2) is 5.13 Å². The lowest BCUT2D eigenvalue weighted by Gasteiger charge is -1.97. The summed E-state index contributed by atoms with van der Waals surface area (Å²) in [6, 6.07) is 6.53. The zero-order valence-corrected chi connectivity index (χ0v) is 10.9. The van der Waals surface area contributed by atoms with Gasteiger partial charge in [0.1, 0.15) is 10.6 Å². The van der Waals surface area contributed by atoms with Crippen LogP contribution in [0.4, 0.5) is 5.13 Å². The number of aromatic hydroxyl groups is 1. The zero-order chi connectivity index (χ0) is 13.8. The molecule has 0 spiro atoms. The molecule has 2 rings (SSSR count). The lowest BCUT2D eigenvalue weighted by Crippen LogP contribution is -2.17. The number of phenolic OH excluding ortho intramolecular Hbond substituents is 1. The van der Waals surface area contributed by atoms with Crippen molar-refractivity contribution in [2.45, 2.75) is 6.92 Å². The van der Waals surface area contributed by atoms with E-state index in [2.05, 4.69) is 15.5 Å². The fourth-order valence-electron chi connectivity index (χ4n) is 1.45. The maximum absolute atomic E-state index is 11.8. The normalized spacial score (nSPS) is 10.8. The average Bonchev–Trinajstić information content (AvgIpc) is 2.68. The number of carbonyl (C=O) groups excluding carboxylic acids is 1. The molecule has 0 aliphatic heterocycles. The first-order chi connectivity index (χ1) is 9.06. The molecule has 1 aromatic carbocycles. The SMILES string of the molecule is Cc1nc(N)sc1C(=O)N/N=C/c1cccc(O)c1. The molecular weight excluding hydrogens is 264 g/mol. The summed E-state index contributed by atoms with van der Waals surface area (Å²) in [6.07, 6.45) is 1.44. The van der Waals surface area contributed by atoms with Crippen molar-refractivity contribution in [1.82, 2.24) is 10.4 Å². The van der Waals surface area contributed by atoms with Gasteiger partial charge in [-0.25, -0.2) is 10.4 Å². The van der Waals surface area contributed by atoms with Crippen molar-refractivity contribution in [3.8, 4) is 5.75 Å². The Morgan fingerprint density at radius 2 is 2.37 bits per heavy atom. The Bertz CT molecular complexity index is 636. The van der Waals surface area contributed by atoms with Crippen LogP contribution in [0.5, 0.6) is 5.75 Å². The molecule has 0 aliphatic rings. The lowest BCUT2D eigenvalue weighted by molar-refractivity contribution is 0.0958. The first kappa shape index (κ1) is 13.0. The van der Waals surface area contributed by atoms with Crippen molar-refractivity contribution in [2.75, 3.05) is 5.73 Å². The van der Waals surface area contributed by atoms with Crippen molar-refractivity contribution in [3.05, 3.63) is 40.4 Å². The number of hydrogen-bond donors (Lipinski definition) is 3. The number of thiazole rings is 1. The molecule has 2 aromatic rings. The van der Waals surface area contributed by atoms with E-state index in [0.29, 0.717) is 21.3 Å². The third kappa shape index (κ3) is 3.29. The van der Waals surface area contributed by atoms with E-state index in [0.717, 1.165) is 11.3 Å². The number of carbonyl (C=O) groups is 1. The third-order valence-electron chi connectivity index (χ3n) is 2.27. The number of amides is 1. The molecule has 19 heavy (non-hydrogen) atoms. The summed E-state index contributed by atoms with van der Waals surface area (Å²) in [5, 5.41) is 13.4. The second-order valence-corrected chi connectivity index (χ2v) is 4.79. The fraction of sp³-hybridized carbons (Fsp3) is 0.0833. The third-order valence-corrected chi connectivity index (χ3v) is 3.25. The number of hydrogen-bond acceptors (Lipinski definition) is 6. The van der Waals surface area contributed by atoms with Gasteiger partial charge < -0.3 is 10.8 Å². The second-order valence-electron chi connectivity index (χ2n) is 3.76. The highest BCUT2D eigenvalue weighted by atomic mass is 32.1. The van der Waals surface area contributed by atoms with Gasteiger partial charge in [-0.05, 0) is 24.6 Å². The van der Waals surface area contributed by atoms with Crippen molar-refractivity contribution in [2.24, 2.45) is 5.10 Å². The minimum Gasteiger partial charge on any atom is -0.508 e. The average molecular weight is 276 g/mol. The molecule has 0 fully saturated rings. The molecule has 0 saturated heterocycles. The van der Waals surface area contributed by atoms with E-state index >= 15 is 0 Å². The molecule has 1 amide bonds. The first-order valence-electron chi connectivity index (χ1n) is 5.41. The second kappa shape index (κ2) is 5.49. The number of hydrazone groups is 1. The van der Waals surface area contributed by atoms with Crippen LogP contribution in [0, 0.1) is 6.92 Å². The molecule has 0 aliphatic carbocycles. The van der Waals surface area contributed by atoms with Crippen LogP contribution in [-0.4, -0.2) is 22.2 Å². The number of aryl methyl sites for hydroxylation is 1. The van der Waals surface area contributed by atoms with E-state index < -0.39 is 0 Å².